The van der Waals surface area contributed by atoms with Gasteiger partial charge in [0.1, 0.15) is 18.1 Å². The molecule has 2 atom stereocenters. The number of alkyl halides is 3. The third kappa shape index (κ3) is 6.17. The number of amides is 2. The number of benzene rings is 2. The Hall–Kier alpha value is -3.44. The SMILES string of the molecule is CC1(NC(=O)[C@@H]2CNC(=O)C2)C=C(c2cccc(COCC(F)(F)F)c2)N(c2ccc(F)cc2)N1. The minimum atomic E-state index is -4.42. The molecule has 7 nitrogen and oxygen atoms in total. The van der Waals surface area contributed by atoms with Crippen LogP contribution < -0.4 is 21.1 Å². The Kier molecular flexibility index (Phi) is 6.82. The van der Waals surface area contributed by atoms with Gasteiger partial charge in [-0.15, -0.1) is 0 Å². The lowest BCUT2D eigenvalue weighted by Gasteiger charge is -2.30. The predicted octanol–water partition coefficient (Wildman–Crippen LogP) is 3.24. The minimum absolute atomic E-state index is 0.0974. The zero-order valence-corrected chi connectivity index (χ0v) is 18.8. The summed E-state index contributed by atoms with van der Waals surface area (Å²) in [6, 6.07) is 12.5. The Morgan fingerprint density at radius 2 is 1.97 bits per heavy atom. The highest BCUT2D eigenvalue weighted by Gasteiger charge is 2.38. The van der Waals surface area contributed by atoms with Crippen molar-refractivity contribution in [3.8, 4) is 0 Å². The van der Waals surface area contributed by atoms with Gasteiger partial charge in [-0.25, -0.2) is 9.82 Å². The van der Waals surface area contributed by atoms with Crippen LogP contribution in [0.2, 0.25) is 0 Å². The molecule has 1 saturated heterocycles. The lowest BCUT2D eigenvalue weighted by atomic mass is 10.0. The second-order valence-electron chi connectivity index (χ2n) is 8.66. The van der Waals surface area contributed by atoms with Crippen molar-refractivity contribution >= 4 is 23.2 Å². The molecule has 2 aliphatic heterocycles. The second kappa shape index (κ2) is 9.67. The number of carbonyl (C=O) groups excluding carboxylic acids is 2. The van der Waals surface area contributed by atoms with Gasteiger partial charge in [0.05, 0.1) is 23.9 Å². The summed E-state index contributed by atoms with van der Waals surface area (Å²) >= 11 is 0. The maximum atomic E-state index is 13.5. The largest absolute Gasteiger partial charge is 0.411 e. The smallest absolute Gasteiger partial charge is 0.367 e. The van der Waals surface area contributed by atoms with Crippen molar-refractivity contribution in [2.75, 3.05) is 18.2 Å². The van der Waals surface area contributed by atoms with E-state index < -0.39 is 30.2 Å². The van der Waals surface area contributed by atoms with E-state index in [1.807, 2.05) is 0 Å². The van der Waals surface area contributed by atoms with Gasteiger partial charge in [-0.3, -0.25) is 14.6 Å². The number of nitrogens with one attached hydrogen (secondary N) is 3. The first kappa shape index (κ1) is 24.7. The van der Waals surface area contributed by atoms with Gasteiger partial charge in [0.15, 0.2) is 0 Å². The van der Waals surface area contributed by atoms with Gasteiger partial charge in [-0.1, -0.05) is 18.2 Å². The summed E-state index contributed by atoms with van der Waals surface area (Å²) in [5.41, 5.74) is 4.48. The number of ether oxygens (including phenoxy) is 1. The van der Waals surface area contributed by atoms with Crippen LogP contribution in [0.25, 0.3) is 5.70 Å². The number of hydrogen-bond acceptors (Lipinski definition) is 5. The Morgan fingerprint density at radius 3 is 2.63 bits per heavy atom. The number of rotatable bonds is 7. The van der Waals surface area contributed by atoms with Gasteiger partial charge in [-0.2, -0.15) is 13.2 Å². The highest BCUT2D eigenvalue weighted by molar-refractivity contribution is 5.90. The average molecular weight is 492 g/mol. The third-order valence-electron chi connectivity index (χ3n) is 5.58. The maximum absolute atomic E-state index is 13.5. The van der Waals surface area contributed by atoms with Crippen LogP contribution in [0, 0.1) is 11.7 Å². The number of halogens is 4. The van der Waals surface area contributed by atoms with E-state index in [4.69, 9.17) is 4.74 Å². The monoisotopic (exact) mass is 492 g/mol. The van der Waals surface area contributed by atoms with Crippen LogP contribution in [0.1, 0.15) is 24.5 Å². The summed E-state index contributed by atoms with van der Waals surface area (Å²) in [6.07, 6.45) is -2.57. The molecule has 0 spiro atoms. The Bertz CT molecular complexity index is 1140. The third-order valence-corrected chi connectivity index (χ3v) is 5.58. The molecule has 2 aliphatic rings. The first-order valence-corrected chi connectivity index (χ1v) is 10.9. The molecular formula is C24H24F4N4O3. The summed E-state index contributed by atoms with van der Waals surface area (Å²) < 4.78 is 55.6. The summed E-state index contributed by atoms with van der Waals surface area (Å²) in [5.74, 6) is -1.43. The zero-order valence-electron chi connectivity index (χ0n) is 18.8. The van der Waals surface area contributed by atoms with Gasteiger partial charge < -0.3 is 15.4 Å². The van der Waals surface area contributed by atoms with Crippen molar-refractivity contribution in [1.29, 1.82) is 0 Å². The van der Waals surface area contributed by atoms with Crippen LogP contribution in [-0.4, -0.2) is 36.8 Å². The molecule has 2 aromatic carbocycles. The minimum Gasteiger partial charge on any atom is -0.367 e. The first-order valence-electron chi connectivity index (χ1n) is 10.9. The van der Waals surface area contributed by atoms with Crippen LogP contribution in [0.3, 0.4) is 0 Å². The van der Waals surface area contributed by atoms with Crippen molar-refractivity contribution < 1.29 is 31.9 Å². The second-order valence-corrected chi connectivity index (χ2v) is 8.66. The molecule has 1 unspecified atom stereocenters. The number of anilines is 1. The van der Waals surface area contributed by atoms with E-state index >= 15 is 0 Å². The highest BCUT2D eigenvalue weighted by Crippen LogP contribution is 2.33. The van der Waals surface area contributed by atoms with E-state index in [-0.39, 0.29) is 31.4 Å². The summed E-state index contributed by atoms with van der Waals surface area (Å²) in [5, 5.41) is 7.20. The van der Waals surface area contributed by atoms with E-state index in [9.17, 15) is 27.2 Å². The van der Waals surface area contributed by atoms with Gasteiger partial charge >= 0.3 is 6.18 Å². The van der Waals surface area contributed by atoms with Gasteiger partial charge in [0.25, 0.3) is 0 Å². The molecular weight excluding hydrogens is 468 g/mol. The molecule has 35 heavy (non-hydrogen) atoms. The Balaban J connectivity index is 1.60. The van der Waals surface area contributed by atoms with E-state index in [2.05, 4.69) is 16.1 Å². The standard InChI is InChI=1S/C24H24F4N4O3/c1-23(30-22(34)17-10-21(33)29-12-17)11-20(32(31-23)19-7-5-18(25)6-8-19)16-4-2-3-15(9-16)13-35-14-24(26,27)28/h2-9,11,17,31H,10,12-14H2,1H3,(H,29,33)(H,30,34)/t17-,23?/m0/s1. The number of nitrogens with zero attached hydrogens (tertiary/aromatic N) is 1. The molecule has 2 heterocycles. The predicted molar refractivity (Wildman–Crippen MR) is 120 cm³/mol. The summed E-state index contributed by atoms with van der Waals surface area (Å²) in [6.45, 7) is 0.390. The number of hydrazine groups is 1. The molecule has 186 valence electrons. The molecule has 2 aromatic rings. The maximum Gasteiger partial charge on any atom is 0.411 e. The van der Waals surface area contributed by atoms with Crippen LogP contribution in [0.15, 0.2) is 54.6 Å². The average Bonchev–Trinajstić information content (AvgIpc) is 3.37. The Labute approximate surface area is 199 Å². The quantitative estimate of drug-likeness (QED) is 0.517. The fourth-order valence-corrected chi connectivity index (χ4v) is 3.99. The summed E-state index contributed by atoms with van der Waals surface area (Å²) in [7, 11) is 0. The zero-order chi connectivity index (χ0) is 25.2. The van der Waals surface area contributed by atoms with Crippen molar-refractivity contribution in [2.45, 2.75) is 31.8 Å². The number of hydrogen-bond donors (Lipinski definition) is 3. The molecule has 0 bridgehead atoms. The van der Waals surface area contributed by atoms with E-state index in [0.29, 0.717) is 22.5 Å². The molecule has 0 saturated carbocycles. The van der Waals surface area contributed by atoms with E-state index in [0.717, 1.165) is 0 Å². The first-order chi connectivity index (χ1) is 16.5. The normalized spacial score (nSPS) is 22.2. The summed E-state index contributed by atoms with van der Waals surface area (Å²) in [4.78, 5) is 24.3. The van der Waals surface area contributed by atoms with Crippen LogP contribution in [0.4, 0.5) is 23.2 Å². The van der Waals surface area contributed by atoms with Crippen LogP contribution >= 0.6 is 0 Å². The van der Waals surface area contributed by atoms with Crippen LogP contribution in [-0.2, 0) is 20.9 Å². The lowest BCUT2D eigenvalue weighted by Crippen LogP contribution is -2.58. The molecule has 0 radical (unpaired) electrons. The lowest BCUT2D eigenvalue weighted by molar-refractivity contribution is -0.176. The highest BCUT2D eigenvalue weighted by atomic mass is 19.4. The topological polar surface area (TPSA) is 82.7 Å². The van der Waals surface area contributed by atoms with E-state index in [1.165, 1.54) is 12.1 Å². The van der Waals surface area contributed by atoms with Gasteiger partial charge in [-0.05, 0) is 54.5 Å². The molecule has 3 N–H and O–H groups in total. The Morgan fingerprint density at radius 1 is 1.23 bits per heavy atom. The van der Waals surface area contributed by atoms with Crippen LogP contribution in [0.5, 0.6) is 0 Å². The molecule has 0 aliphatic carbocycles. The fourth-order valence-electron chi connectivity index (χ4n) is 3.99. The molecule has 11 heteroatoms. The van der Waals surface area contributed by atoms with Crippen molar-refractivity contribution in [1.82, 2.24) is 16.1 Å². The molecule has 0 aromatic heterocycles. The molecule has 4 rings (SSSR count). The van der Waals surface area contributed by atoms with Gasteiger partial charge in [0.2, 0.25) is 11.8 Å². The number of carbonyl (C=O) groups is 2. The molecule has 1 fully saturated rings. The fraction of sp³-hybridized carbons (Fsp3) is 0.333. The molecule has 2 amide bonds. The van der Waals surface area contributed by atoms with Gasteiger partial charge in [0, 0.05) is 13.0 Å². The van der Waals surface area contributed by atoms with Crippen molar-refractivity contribution in [2.24, 2.45) is 5.92 Å². The van der Waals surface area contributed by atoms with Crippen molar-refractivity contribution in [3.05, 3.63) is 71.6 Å². The van der Waals surface area contributed by atoms with Crippen molar-refractivity contribution in [3.63, 3.8) is 0 Å². The van der Waals surface area contributed by atoms with E-state index in [1.54, 1.807) is 54.4 Å².